The van der Waals surface area contributed by atoms with Crippen molar-refractivity contribution in [2.24, 2.45) is 5.73 Å². The van der Waals surface area contributed by atoms with Gasteiger partial charge in [0.2, 0.25) is 5.89 Å². The predicted octanol–water partition coefficient (Wildman–Crippen LogP) is 3.31. The Balaban J connectivity index is 1.79. The molecule has 1 atom stereocenters. The normalized spacial score (nSPS) is 16.3. The number of pyridine rings is 1. The van der Waals surface area contributed by atoms with Crippen molar-refractivity contribution in [2.45, 2.75) is 24.8 Å². The molecule has 0 radical (unpaired) electrons. The Labute approximate surface area is 129 Å². The van der Waals surface area contributed by atoms with Crippen LogP contribution in [0.4, 0.5) is 0 Å². The smallest absolute Gasteiger partial charge is 0.229 e. The van der Waals surface area contributed by atoms with E-state index in [1.165, 1.54) is 0 Å². The second kappa shape index (κ2) is 4.89. The quantitative estimate of drug-likeness (QED) is 0.788. The highest BCUT2D eigenvalue weighted by molar-refractivity contribution is 9.10. The van der Waals surface area contributed by atoms with E-state index < -0.39 is 6.04 Å². The zero-order valence-electron chi connectivity index (χ0n) is 11.2. The van der Waals surface area contributed by atoms with Gasteiger partial charge >= 0.3 is 0 Å². The van der Waals surface area contributed by atoms with E-state index in [9.17, 15) is 0 Å². The van der Waals surface area contributed by atoms with Gasteiger partial charge in [-0.2, -0.15) is 4.98 Å². The Morgan fingerprint density at radius 3 is 2.95 bits per heavy atom. The maximum absolute atomic E-state index is 6.33. The first kappa shape index (κ1) is 12.9. The monoisotopic (exact) mass is 344 g/mol. The number of rotatable bonds is 3. The molecule has 5 nitrogen and oxygen atoms in total. The van der Waals surface area contributed by atoms with Crippen LogP contribution >= 0.6 is 15.9 Å². The third kappa shape index (κ3) is 2.24. The topological polar surface area (TPSA) is 77.8 Å². The van der Waals surface area contributed by atoms with Gasteiger partial charge in [-0.05, 0) is 25.0 Å². The van der Waals surface area contributed by atoms with Crippen molar-refractivity contribution < 1.29 is 4.52 Å². The average molecular weight is 345 g/mol. The molecule has 6 heteroatoms. The summed E-state index contributed by atoms with van der Waals surface area (Å²) in [5.41, 5.74) is 8.08. The summed E-state index contributed by atoms with van der Waals surface area (Å²) in [5.74, 6) is 1.65. The fourth-order valence-corrected chi connectivity index (χ4v) is 2.87. The largest absolute Gasteiger partial charge is 0.339 e. The van der Waals surface area contributed by atoms with Crippen molar-refractivity contribution in [3.8, 4) is 0 Å². The Hall–Kier alpha value is -1.79. The van der Waals surface area contributed by atoms with Crippen LogP contribution in [-0.2, 0) is 0 Å². The van der Waals surface area contributed by atoms with Crippen LogP contribution in [0.15, 0.2) is 39.5 Å². The van der Waals surface area contributed by atoms with E-state index in [1.807, 2.05) is 24.3 Å². The van der Waals surface area contributed by atoms with Gasteiger partial charge in [0.05, 0.1) is 11.6 Å². The molecule has 2 N–H and O–H groups in total. The maximum atomic E-state index is 6.33. The van der Waals surface area contributed by atoms with E-state index in [-0.39, 0.29) is 0 Å². The lowest BCUT2D eigenvalue weighted by atomic mass is 10.0. The van der Waals surface area contributed by atoms with Gasteiger partial charge in [0.1, 0.15) is 0 Å². The third-order valence-corrected chi connectivity index (χ3v) is 4.44. The van der Waals surface area contributed by atoms with Crippen molar-refractivity contribution in [1.29, 1.82) is 0 Å². The molecule has 1 aliphatic carbocycles. The molecule has 1 fully saturated rings. The van der Waals surface area contributed by atoms with Crippen molar-refractivity contribution in [3.63, 3.8) is 0 Å². The Kier molecular flexibility index (Phi) is 3.01. The number of halogens is 1. The van der Waals surface area contributed by atoms with Crippen molar-refractivity contribution in [2.75, 3.05) is 0 Å². The van der Waals surface area contributed by atoms with Gasteiger partial charge in [-0.15, -0.1) is 0 Å². The number of fused-ring (bicyclic) bond motifs is 1. The summed E-state index contributed by atoms with van der Waals surface area (Å²) >= 11 is 3.54. The maximum Gasteiger partial charge on any atom is 0.229 e. The summed E-state index contributed by atoms with van der Waals surface area (Å²) in [6.07, 6.45) is 4.01. The third-order valence-electron chi connectivity index (χ3n) is 3.74. The molecule has 1 aromatic carbocycles. The van der Waals surface area contributed by atoms with E-state index in [0.29, 0.717) is 17.6 Å². The fourth-order valence-electron chi connectivity index (χ4n) is 2.42. The summed E-state index contributed by atoms with van der Waals surface area (Å²) in [6.45, 7) is 0. The molecule has 21 heavy (non-hydrogen) atoms. The summed E-state index contributed by atoms with van der Waals surface area (Å²) < 4.78 is 6.29. The lowest BCUT2D eigenvalue weighted by Crippen LogP contribution is -2.14. The zero-order chi connectivity index (χ0) is 14.4. The van der Waals surface area contributed by atoms with Crippen LogP contribution in [0.2, 0.25) is 0 Å². The summed E-state index contributed by atoms with van der Waals surface area (Å²) in [5, 5.41) is 5.06. The molecule has 3 aromatic rings. The molecule has 106 valence electrons. The number of aromatic nitrogens is 3. The Morgan fingerprint density at radius 2 is 2.14 bits per heavy atom. The fraction of sp³-hybridized carbons (Fsp3) is 0.267. The SMILES string of the molecule is NC(c1noc(C2CC2)n1)c1ccc(Br)c2cccnc12. The average Bonchev–Trinajstić information content (AvgIpc) is 3.25. The molecule has 0 aliphatic heterocycles. The lowest BCUT2D eigenvalue weighted by Gasteiger charge is -2.11. The van der Waals surface area contributed by atoms with Gasteiger partial charge in [-0.25, -0.2) is 0 Å². The molecule has 2 heterocycles. The molecule has 2 aromatic heterocycles. The summed E-state index contributed by atoms with van der Waals surface area (Å²) in [4.78, 5) is 8.88. The standard InChI is InChI=1S/C15H13BrN4O/c16-11-6-5-10(13-9(11)2-1-7-18-13)12(17)14-19-15(21-20-14)8-3-4-8/h1-2,5-8,12H,3-4,17H2. The van der Waals surface area contributed by atoms with E-state index in [4.69, 9.17) is 10.3 Å². The lowest BCUT2D eigenvalue weighted by molar-refractivity contribution is 0.372. The highest BCUT2D eigenvalue weighted by atomic mass is 79.9. The van der Waals surface area contributed by atoms with Gasteiger partial charge in [-0.3, -0.25) is 4.98 Å². The molecule has 0 bridgehead atoms. The van der Waals surface area contributed by atoms with Crippen LogP contribution in [0.25, 0.3) is 10.9 Å². The minimum atomic E-state index is -0.438. The molecule has 0 spiro atoms. The second-order valence-electron chi connectivity index (χ2n) is 5.28. The number of nitrogens with zero attached hydrogens (tertiary/aromatic N) is 3. The van der Waals surface area contributed by atoms with Crippen molar-refractivity contribution >= 4 is 26.8 Å². The summed E-state index contributed by atoms with van der Waals surface area (Å²) in [7, 11) is 0. The molecule has 1 aliphatic rings. The molecule has 1 saturated carbocycles. The van der Waals surface area contributed by atoms with Gasteiger partial charge in [0, 0.05) is 27.5 Å². The first-order valence-corrected chi connectivity index (χ1v) is 7.65. The van der Waals surface area contributed by atoms with Crippen LogP contribution in [0, 0.1) is 0 Å². The molecular formula is C15H13BrN4O. The second-order valence-corrected chi connectivity index (χ2v) is 6.13. The first-order valence-electron chi connectivity index (χ1n) is 6.86. The van der Waals surface area contributed by atoms with Crippen LogP contribution in [-0.4, -0.2) is 15.1 Å². The highest BCUT2D eigenvalue weighted by Gasteiger charge is 2.31. The zero-order valence-corrected chi connectivity index (χ0v) is 12.7. The van der Waals surface area contributed by atoms with Gasteiger partial charge in [0.15, 0.2) is 5.82 Å². The summed E-state index contributed by atoms with van der Waals surface area (Å²) in [6, 6.07) is 7.40. The molecular weight excluding hydrogens is 332 g/mol. The van der Waals surface area contributed by atoms with Crippen LogP contribution in [0.3, 0.4) is 0 Å². The Morgan fingerprint density at radius 1 is 1.29 bits per heavy atom. The number of benzene rings is 1. The molecule has 4 rings (SSSR count). The van der Waals surface area contributed by atoms with E-state index in [0.717, 1.165) is 33.8 Å². The van der Waals surface area contributed by atoms with Crippen LogP contribution < -0.4 is 5.73 Å². The van der Waals surface area contributed by atoms with E-state index in [1.54, 1.807) is 6.20 Å². The van der Waals surface area contributed by atoms with E-state index in [2.05, 4.69) is 31.1 Å². The number of hydrogen-bond acceptors (Lipinski definition) is 5. The minimum absolute atomic E-state index is 0.429. The molecule has 1 unspecified atom stereocenters. The number of hydrogen-bond donors (Lipinski definition) is 1. The van der Waals surface area contributed by atoms with Crippen molar-refractivity contribution in [3.05, 3.63) is 52.2 Å². The van der Waals surface area contributed by atoms with Crippen molar-refractivity contribution in [1.82, 2.24) is 15.1 Å². The highest BCUT2D eigenvalue weighted by Crippen LogP contribution is 2.39. The minimum Gasteiger partial charge on any atom is -0.339 e. The Bertz CT molecular complexity index is 812. The molecule has 0 amide bonds. The first-order chi connectivity index (χ1) is 10.2. The number of nitrogens with two attached hydrogens (primary N) is 1. The molecule has 0 saturated heterocycles. The predicted molar refractivity (Wildman–Crippen MR) is 81.7 cm³/mol. The van der Waals surface area contributed by atoms with Gasteiger partial charge in [0.25, 0.3) is 0 Å². The van der Waals surface area contributed by atoms with Gasteiger partial charge in [-0.1, -0.05) is 33.2 Å². The van der Waals surface area contributed by atoms with Crippen LogP contribution in [0.5, 0.6) is 0 Å². The van der Waals surface area contributed by atoms with Crippen LogP contribution in [0.1, 0.15) is 42.1 Å². The van der Waals surface area contributed by atoms with E-state index >= 15 is 0 Å². The van der Waals surface area contributed by atoms with Gasteiger partial charge < -0.3 is 10.3 Å².